The topological polar surface area (TPSA) is 75.3 Å². The van der Waals surface area contributed by atoms with Crippen LogP contribution in [0, 0.1) is 0 Å². The SMILES string of the molecule is CC[C@@H](NC(=O)c1cc(OC)c(OC)c(OC)c1)c1ccc(OC)c(OC)c1. The van der Waals surface area contributed by atoms with Gasteiger partial charge in [-0.3, -0.25) is 4.79 Å². The standard InChI is InChI=1S/C21H27NO6/c1-7-15(13-8-9-16(24-2)17(10-13)25-3)22-21(23)14-11-18(26-4)20(28-6)19(12-14)27-5/h8-12,15H,7H2,1-6H3,(H,22,23)/t15-/m1/s1. The molecule has 0 bridgehead atoms. The lowest BCUT2D eigenvalue weighted by Gasteiger charge is -2.20. The van der Waals surface area contributed by atoms with E-state index in [0.717, 1.165) is 5.56 Å². The number of benzene rings is 2. The molecule has 0 radical (unpaired) electrons. The van der Waals surface area contributed by atoms with Gasteiger partial charge in [0.1, 0.15) is 0 Å². The number of hydrogen-bond acceptors (Lipinski definition) is 6. The van der Waals surface area contributed by atoms with Crippen molar-refractivity contribution in [3.05, 3.63) is 41.5 Å². The molecule has 7 heteroatoms. The Morgan fingerprint density at radius 3 is 1.86 bits per heavy atom. The van der Waals surface area contributed by atoms with E-state index in [-0.39, 0.29) is 11.9 Å². The highest BCUT2D eigenvalue weighted by Gasteiger charge is 2.20. The van der Waals surface area contributed by atoms with Crippen LogP contribution in [0.3, 0.4) is 0 Å². The molecule has 0 fully saturated rings. The zero-order valence-corrected chi connectivity index (χ0v) is 17.1. The Kier molecular flexibility index (Phi) is 7.37. The monoisotopic (exact) mass is 389 g/mol. The third-order valence-corrected chi connectivity index (χ3v) is 4.45. The fourth-order valence-electron chi connectivity index (χ4n) is 2.94. The summed E-state index contributed by atoms with van der Waals surface area (Å²) in [5.41, 5.74) is 1.33. The normalized spacial score (nSPS) is 11.4. The predicted octanol–water partition coefficient (Wildman–Crippen LogP) is 3.61. The molecule has 0 aliphatic carbocycles. The second-order valence-corrected chi connectivity index (χ2v) is 5.96. The Morgan fingerprint density at radius 1 is 0.821 bits per heavy atom. The number of nitrogens with one attached hydrogen (secondary N) is 1. The Balaban J connectivity index is 2.32. The summed E-state index contributed by atoms with van der Waals surface area (Å²) in [5, 5.41) is 3.04. The molecule has 1 atom stereocenters. The van der Waals surface area contributed by atoms with Gasteiger partial charge in [0.05, 0.1) is 41.6 Å². The van der Waals surface area contributed by atoms with Gasteiger partial charge in [-0.1, -0.05) is 13.0 Å². The van der Waals surface area contributed by atoms with Crippen LogP contribution in [0.2, 0.25) is 0 Å². The summed E-state index contributed by atoms with van der Waals surface area (Å²) in [5.74, 6) is 2.28. The Bertz CT molecular complexity index is 796. The number of amides is 1. The van der Waals surface area contributed by atoms with E-state index in [1.54, 1.807) is 26.4 Å². The van der Waals surface area contributed by atoms with Gasteiger partial charge in [0, 0.05) is 5.56 Å². The van der Waals surface area contributed by atoms with Crippen molar-refractivity contribution < 1.29 is 28.5 Å². The number of carbonyl (C=O) groups excluding carboxylic acids is 1. The van der Waals surface area contributed by atoms with E-state index in [2.05, 4.69) is 5.32 Å². The minimum Gasteiger partial charge on any atom is -0.493 e. The molecule has 152 valence electrons. The van der Waals surface area contributed by atoms with Crippen LogP contribution in [0.15, 0.2) is 30.3 Å². The molecule has 0 aliphatic heterocycles. The third-order valence-electron chi connectivity index (χ3n) is 4.45. The molecule has 1 N–H and O–H groups in total. The molecule has 7 nitrogen and oxygen atoms in total. The molecule has 28 heavy (non-hydrogen) atoms. The van der Waals surface area contributed by atoms with Crippen LogP contribution in [0.4, 0.5) is 0 Å². The lowest BCUT2D eigenvalue weighted by atomic mass is 10.0. The second kappa shape index (κ2) is 9.73. The van der Waals surface area contributed by atoms with E-state index < -0.39 is 0 Å². The predicted molar refractivity (Wildman–Crippen MR) is 106 cm³/mol. The fraction of sp³-hybridized carbons (Fsp3) is 0.381. The summed E-state index contributed by atoms with van der Waals surface area (Å²) in [6, 6.07) is 8.64. The summed E-state index contributed by atoms with van der Waals surface area (Å²) in [6.45, 7) is 2.00. The van der Waals surface area contributed by atoms with Gasteiger partial charge in [-0.2, -0.15) is 0 Å². The molecule has 0 aromatic heterocycles. The van der Waals surface area contributed by atoms with E-state index in [4.69, 9.17) is 23.7 Å². The van der Waals surface area contributed by atoms with Crippen LogP contribution in [0.1, 0.15) is 35.3 Å². The highest BCUT2D eigenvalue weighted by atomic mass is 16.5. The smallest absolute Gasteiger partial charge is 0.252 e. The van der Waals surface area contributed by atoms with Gasteiger partial charge in [0.2, 0.25) is 5.75 Å². The maximum absolute atomic E-state index is 12.9. The quantitative estimate of drug-likeness (QED) is 0.706. The van der Waals surface area contributed by atoms with Crippen molar-refractivity contribution in [2.24, 2.45) is 0 Å². The molecule has 2 aromatic rings. The Labute approximate surface area is 165 Å². The van der Waals surface area contributed by atoms with Gasteiger partial charge in [-0.15, -0.1) is 0 Å². The number of carbonyl (C=O) groups is 1. The van der Waals surface area contributed by atoms with Gasteiger partial charge < -0.3 is 29.0 Å². The summed E-state index contributed by atoms with van der Waals surface area (Å²) in [7, 11) is 7.71. The first-order chi connectivity index (χ1) is 13.5. The van der Waals surface area contributed by atoms with Gasteiger partial charge in [-0.25, -0.2) is 0 Å². The van der Waals surface area contributed by atoms with E-state index in [0.29, 0.717) is 40.7 Å². The average Bonchev–Trinajstić information content (AvgIpc) is 2.75. The largest absolute Gasteiger partial charge is 0.493 e. The van der Waals surface area contributed by atoms with Crippen molar-refractivity contribution in [2.45, 2.75) is 19.4 Å². The van der Waals surface area contributed by atoms with Gasteiger partial charge in [-0.05, 0) is 36.2 Å². The average molecular weight is 389 g/mol. The van der Waals surface area contributed by atoms with Crippen LogP contribution in [0.25, 0.3) is 0 Å². The zero-order chi connectivity index (χ0) is 20.7. The molecule has 0 saturated carbocycles. The van der Waals surface area contributed by atoms with Crippen LogP contribution < -0.4 is 29.0 Å². The number of rotatable bonds is 9. The van der Waals surface area contributed by atoms with Crippen LogP contribution in [-0.2, 0) is 0 Å². The summed E-state index contributed by atoms with van der Waals surface area (Å²) in [4.78, 5) is 12.9. The molecule has 2 rings (SSSR count). The van der Waals surface area contributed by atoms with Crippen molar-refractivity contribution in [2.75, 3.05) is 35.5 Å². The second-order valence-electron chi connectivity index (χ2n) is 5.96. The number of methoxy groups -OCH3 is 5. The van der Waals surface area contributed by atoms with Crippen molar-refractivity contribution in [3.63, 3.8) is 0 Å². The van der Waals surface area contributed by atoms with E-state index in [1.807, 2.05) is 25.1 Å². The first-order valence-corrected chi connectivity index (χ1v) is 8.85. The molecular formula is C21H27NO6. The molecule has 0 unspecified atom stereocenters. The molecule has 0 aliphatic rings. The molecule has 0 spiro atoms. The van der Waals surface area contributed by atoms with Gasteiger partial charge in [0.25, 0.3) is 5.91 Å². The molecular weight excluding hydrogens is 362 g/mol. The third kappa shape index (κ3) is 4.42. The van der Waals surface area contributed by atoms with E-state index in [9.17, 15) is 4.79 Å². The Hall–Kier alpha value is -3.09. The molecule has 1 amide bonds. The molecule has 0 saturated heterocycles. The van der Waals surface area contributed by atoms with Crippen LogP contribution in [-0.4, -0.2) is 41.5 Å². The van der Waals surface area contributed by atoms with Crippen LogP contribution in [0.5, 0.6) is 28.7 Å². The Morgan fingerprint density at radius 2 is 1.39 bits per heavy atom. The van der Waals surface area contributed by atoms with Crippen LogP contribution >= 0.6 is 0 Å². The maximum Gasteiger partial charge on any atom is 0.252 e. The highest BCUT2D eigenvalue weighted by molar-refractivity contribution is 5.96. The van der Waals surface area contributed by atoms with Crippen molar-refractivity contribution in [1.29, 1.82) is 0 Å². The highest BCUT2D eigenvalue weighted by Crippen LogP contribution is 2.38. The minimum atomic E-state index is -0.249. The van der Waals surface area contributed by atoms with E-state index >= 15 is 0 Å². The summed E-state index contributed by atoms with van der Waals surface area (Å²) >= 11 is 0. The van der Waals surface area contributed by atoms with E-state index in [1.165, 1.54) is 21.3 Å². The lowest BCUT2D eigenvalue weighted by molar-refractivity contribution is 0.0934. The fourth-order valence-corrected chi connectivity index (χ4v) is 2.94. The number of hydrogen-bond donors (Lipinski definition) is 1. The first kappa shape index (κ1) is 21.2. The maximum atomic E-state index is 12.9. The molecule has 2 aromatic carbocycles. The lowest BCUT2D eigenvalue weighted by Crippen LogP contribution is -2.28. The summed E-state index contributed by atoms with van der Waals surface area (Å²) in [6.07, 6.45) is 0.700. The van der Waals surface area contributed by atoms with Gasteiger partial charge in [0.15, 0.2) is 23.0 Å². The first-order valence-electron chi connectivity index (χ1n) is 8.85. The van der Waals surface area contributed by atoms with Crippen molar-refractivity contribution >= 4 is 5.91 Å². The van der Waals surface area contributed by atoms with Crippen molar-refractivity contribution in [3.8, 4) is 28.7 Å². The molecule has 0 heterocycles. The summed E-state index contributed by atoms with van der Waals surface area (Å²) < 4.78 is 26.6. The van der Waals surface area contributed by atoms with Gasteiger partial charge >= 0.3 is 0 Å². The minimum absolute atomic E-state index is 0.202. The number of ether oxygens (including phenoxy) is 5. The van der Waals surface area contributed by atoms with Crippen molar-refractivity contribution in [1.82, 2.24) is 5.32 Å². The zero-order valence-electron chi connectivity index (χ0n) is 17.1.